The van der Waals surface area contributed by atoms with Crippen molar-refractivity contribution in [1.29, 1.82) is 0 Å². The van der Waals surface area contributed by atoms with E-state index in [0.29, 0.717) is 18.5 Å². The smallest absolute Gasteiger partial charge is 0.338 e. The number of aliphatic hydroxyl groups excluding tert-OH is 1. The summed E-state index contributed by atoms with van der Waals surface area (Å²) in [7, 11) is -2.19. The van der Waals surface area contributed by atoms with Crippen LogP contribution in [0.25, 0.3) is 0 Å². The minimum atomic E-state index is -3.89. The monoisotopic (exact) mass is 611 g/mol. The summed E-state index contributed by atoms with van der Waals surface area (Å²) < 4.78 is 36.4. The number of sulfonamides is 1. The van der Waals surface area contributed by atoms with Crippen LogP contribution in [0.5, 0.6) is 0 Å². The Kier molecular flexibility index (Phi) is 8.31. The topological polar surface area (TPSA) is 111 Å². The van der Waals surface area contributed by atoms with Gasteiger partial charge in [0.1, 0.15) is 11.4 Å². The van der Waals surface area contributed by atoms with E-state index in [-0.39, 0.29) is 28.7 Å². The van der Waals surface area contributed by atoms with Gasteiger partial charge in [0, 0.05) is 31.3 Å². The molecule has 4 aromatic rings. The normalized spacial score (nSPS) is 17.2. The summed E-state index contributed by atoms with van der Waals surface area (Å²) >= 11 is 0. The van der Waals surface area contributed by atoms with Gasteiger partial charge < -0.3 is 14.4 Å². The van der Waals surface area contributed by atoms with Crippen LogP contribution in [0.4, 0.5) is 5.69 Å². The summed E-state index contributed by atoms with van der Waals surface area (Å²) in [5, 5.41) is 11.6. The zero-order valence-corrected chi connectivity index (χ0v) is 25.5. The van der Waals surface area contributed by atoms with Gasteiger partial charge in [0.2, 0.25) is 0 Å². The maximum absolute atomic E-state index is 13.9. The number of anilines is 1. The molecule has 228 valence electrons. The van der Waals surface area contributed by atoms with E-state index in [2.05, 4.69) is 34.0 Å². The van der Waals surface area contributed by atoms with Crippen molar-refractivity contribution in [3.63, 3.8) is 0 Å². The third-order valence-electron chi connectivity index (χ3n) is 8.61. The first-order chi connectivity index (χ1) is 21.2. The van der Waals surface area contributed by atoms with Crippen LogP contribution in [0.3, 0.4) is 0 Å². The first-order valence-electron chi connectivity index (χ1n) is 15.1. The summed E-state index contributed by atoms with van der Waals surface area (Å²) in [6.45, 7) is 0. The van der Waals surface area contributed by atoms with E-state index in [0.717, 1.165) is 42.4 Å². The predicted octanol–water partition coefficient (Wildman–Crippen LogP) is 6.48. The lowest BCUT2D eigenvalue weighted by Crippen LogP contribution is -2.42. The number of carbonyl (C=O) groups is 1. The highest BCUT2D eigenvalue weighted by atomic mass is 32.2. The van der Waals surface area contributed by atoms with Crippen LogP contribution in [-0.2, 0) is 39.4 Å². The second kappa shape index (κ2) is 12.3. The summed E-state index contributed by atoms with van der Waals surface area (Å²) in [4.78, 5) is 17.9. The van der Waals surface area contributed by atoms with Crippen molar-refractivity contribution >= 4 is 21.7 Å². The summed E-state index contributed by atoms with van der Waals surface area (Å²) in [6, 6.07) is 27.3. The quantitative estimate of drug-likeness (QED) is 0.178. The maximum atomic E-state index is 13.9. The first-order valence-corrected chi connectivity index (χ1v) is 16.5. The Morgan fingerprint density at radius 1 is 0.977 bits per heavy atom. The number of imidazole rings is 1. The molecule has 1 unspecified atom stereocenters. The van der Waals surface area contributed by atoms with Gasteiger partial charge >= 0.3 is 5.97 Å². The Morgan fingerprint density at radius 2 is 1.61 bits per heavy atom. The van der Waals surface area contributed by atoms with Crippen LogP contribution in [0.1, 0.15) is 54.7 Å². The molecule has 0 bridgehead atoms. The van der Waals surface area contributed by atoms with E-state index < -0.39 is 27.5 Å². The molecule has 9 heteroatoms. The number of carbonyl (C=O) groups excluding carboxylic acids is 1. The molecule has 0 saturated heterocycles. The number of esters is 1. The number of nitrogens with one attached hydrogen (secondary N) is 1. The molecule has 1 saturated carbocycles. The fourth-order valence-corrected chi connectivity index (χ4v) is 7.22. The van der Waals surface area contributed by atoms with Gasteiger partial charge in [-0.1, -0.05) is 72.8 Å². The highest BCUT2D eigenvalue weighted by molar-refractivity contribution is 7.92. The number of hydrogen-bond donors (Lipinski definition) is 2. The molecule has 0 spiro atoms. The van der Waals surface area contributed by atoms with Crippen LogP contribution >= 0.6 is 0 Å². The predicted molar refractivity (Wildman–Crippen MR) is 169 cm³/mol. The second-order valence-corrected chi connectivity index (χ2v) is 13.6. The number of nitrogens with zero attached hydrogens (tertiary/aromatic N) is 2. The molecule has 1 fully saturated rings. The van der Waals surface area contributed by atoms with Gasteiger partial charge in [-0.2, -0.15) is 8.42 Å². The van der Waals surface area contributed by atoms with Gasteiger partial charge in [0.15, 0.2) is 5.03 Å². The lowest BCUT2D eigenvalue weighted by molar-refractivity contribution is -0.161. The molecule has 1 atom stereocenters. The van der Waals surface area contributed by atoms with Crippen LogP contribution in [-0.4, -0.2) is 34.6 Å². The lowest BCUT2D eigenvalue weighted by atomic mass is 9.78. The summed E-state index contributed by atoms with van der Waals surface area (Å²) in [5.74, 6) is -0.670. The average Bonchev–Trinajstić information content (AvgIpc) is 3.75. The number of benzene rings is 3. The van der Waals surface area contributed by atoms with E-state index in [9.17, 15) is 18.3 Å². The Morgan fingerprint density at radius 3 is 2.16 bits per heavy atom. The fourth-order valence-electron chi connectivity index (χ4n) is 6.18. The Bertz CT molecular complexity index is 1720. The Hall–Kier alpha value is -4.37. The number of aromatic nitrogens is 2. The van der Waals surface area contributed by atoms with Crippen molar-refractivity contribution in [2.45, 2.75) is 61.5 Å². The zero-order chi connectivity index (χ0) is 30.7. The molecule has 0 radical (unpaired) electrons. The largest absolute Gasteiger partial charge is 0.512 e. The minimum Gasteiger partial charge on any atom is -0.512 e. The number of rotatable bonds is 12. The Labute approximate surface area is 258 Å². The molecule has 6 rings (SSSR count). The molecular formula is C35H37N3O5S. The SMILES string of the molecule is Cn1cnc(S(=O)(=O)Nc2cccc(C(C3=C(O)CC(CCc4ccccc4)(CCc4ccccc4)OC3=O)C3CC3)c2)c1. The lowest BCUT2D eigenvalue weighted by Gasteiger charge is -2.39. The molecule has 3 aromatic carbocycles. The minimum absolute atomic E-state index is 0.0683. The number of ether oxygens (including phenoxy) is 1. The number of aryl methyl sites for hydroxylation is 3. The van der Waals surface area contributed by atoms with Crippen LogP contribution in [0.15, 0.2) is 114 Å². The van der Waals surface area contributed by atoms with Crippen molar-refractivity contribution in [2.24, 2.45) is 13.0 Å². The second-order valence-electron chi connectivity index (χ2n) is 12.0. The molecule has 2 aliphatic rings. The van der Waals surface area contributed by atoms with Crippen molar-refractivity contribution in [3.8, 4) is 0 Å². The molecule has 44 heavy (non-hydrogen) atoms. The van der Waals surface area contributed by atoms with Crippen LogP contribution < -0.4 is 4.72 Å². The van der Waals surface area contributed by atoms with Gasteiger partial charge in [-0.15, -0.1) is 0 Å². The number of aliphatic hydroxyl groups is 1. The number of hydrogen-bond acceptors (Lipinski definition) is 6. The zero-order valence-electron chi connectivity index (χ0n) is 24.7. The fraction of sp³-hybridized carbons (Fsp3) is 0.314. The van der Waals surface area contributed by atoms with Crippen molar-refractivity contribution < 1.29 is 23.1 Å². The third-order valence-corrected chi connectivity index (χ3v) is 9.88. The third kappa shape index (κ3) is 6.73. The molecular weight excluding hydrogens is 574 g/mol. The molecule has 1 aromatic heterocycles. The van der Waals surface area contributed by atoms with E-state index >= 15 is 0 Å². The van der Waals surface area contributed by atoms with Gasteiger partial charge in [0.25, 0.3) is 10.0 Å². The maximum Gasteiger partial charge on any atom is 0.338 e. The van der Waals surface area contributed by atoms with Crippen molar-refractivity contribution in [2.75, 3.05) is 4.72 Å². The first kappa shape index (κ1) is 29.7. The number of cyclic esters (lactones) is 1. The molecule has 1 aliphatic heterocycles. The van der Waals surface area contributed by atoms with E-state index in [1.807, 2.05) is 42.5 Å². The van der Waals surface area contributed by atoms with E-state index in [1.165, 1.54) is 12.5 Å². The van der Waals surface area contributed by atoms with Gasteiger partial charge in [-0.25, -0.2) is 9.78 Å². The van der Waals surface area contributed by atoms with Gasteiger partial charge in [-0.3, -0.25) is 4.72 Å². The standard InChI is InChI=1S/C35H37N3O5S/c1-38-23-31(36-24-38)44(41,42)37-29-14-8-13-28(21-29)32(27-15-16-27)33-30(39)22-35(43-34(33)40,19-17-25-9-4-2-5-10-25)20-18-26-11-6-3-7-12-26/h2-14,21,23-24,27,32,37,39H,15-20,22H2,1H3. The molecule has 8 nitrogen and oxygen atoms in total. The van der Waals surface area contributed by atoms with E-state index in [1.54, 1.807) is 29.8 Å². The molecule has 1 aliphatic carbocycles. The average molecular weight is 612 g/mol. The summed E-state index contributed by atoms with van der Waals surface area (Å²) in [6.07, 6.45) is 7.53. The Balaban J connectivity index is 1.28. The van der Waals surface area contributed by atoms with Crippen molar-refractivity contribution in [3.05, 3.63) is 125 Å². The van der Waals surface area contributed by atoms with Crippen LogP contribution in [0.2, 0.25) is 0 Å². The summed E-state index contributed by atoms with van der Waals surface area (Å²) in [5.41, 5.74) is 2.86. The molecule has 0 amide bonds. The van der Waals surface area contributed by atoms with E-state index in [4.69, 9.17) is 4.74 Å². The van der Waals surface area contributed by atoms with Gasteiger partial charge in [-0.05, 0) is 73.3 Å². The van der Waals surface area contributed by atoms with Gasteiger partial charge in [0.05, 0.1) is 11.9 Å². The van der Waals surface area contributed by atoms with Crippen LogP contribution in [0, 0.1) is 5.92 Å². The highest BCUT2D eigenvalue weighted by Gasteiger charge is 2.47. The molecule has 2 heterocycles. The highest BCUT2D eigenvalue weighted by Crippen LogP contribution is 2.50. The van der Waals surface area contributed by atoms with Crippen molar-refractivity contribution in [1.82, 2.24) is 9.55 Å². The molecule has 2 N–H and O–H groups in total.